The maximum Gasteiger partial charge on any atom is 0.307 e. The lowest BCUT2D eigenvalue weighted by atomic mass is 10.0. The molecule has 0 fully saturated rings. The first-order chi connectivity index (χ1) is 11.3. The average Bonchev–Trinajstić information content (AvgIpc) is 2.53. The monoisotopic (exact) mass is 354 g/mol. The Labute approximate surface area is 146 Å². The number of benzene rings is 1. The van der Waals surface area contributed by atoms with E-state index in [1.807, 2.05) is 13.8 Å². The van der Waals surface area contributed by atoms with Gasteiger partial charge in [0.1, 0.15) is 6.04 Å². The molecule has 0 heterocycles. The van der Waals surface area contributed by atoms with E-state index in [9.17, 15) is 14.4 Å². The van der Waals surface area contributed by atoms with E-state index < -0.39 is 12.0 Å². The molecule has 0 unspecified atom stereocenters. The predicted octanol–water partition coefficient (Wildman–Crippen LogP) is 2.16. The number of hydrogen-bond donors (Lipinski definition) is 2. The highest BCUT2D eigenvalue weighted by atomic mass is 35.5. The fourth-order valence-electron chi connectivity index (χ4n) is 2.06. The molecule has 0 aliphatic carbocycles. The highest BCUT2D eigenvalue weighted by molar-refractivity contribution is 6.30. The van der Waals surface area contributed by atoms with E-state index in [0.29, 0.717) is 17.0 Å². The molecular formula is C17H23ClN2O4. The number of amides is 2. The first-order valence-corrected chi connectivity index (χ1v) is 8.12. The molecule has 0 radical (unpaired) electrons. The summed E-state index contributed by atoms with van der Waals surface area (Å²) >= 11 is 5.80. The molecule has 132 valence electrons. The van der Waals surface area contributed by atoms with Crippen molar-refractivity contribution in [3.05, 3.63) is 34.9 Å². The van der Waals surface area contributed by atoms with Crippen molar-refractivity contribution < 1.29 is 19.1 Å². The van der Waals surface area contributed by atoms with E-state index in [2.05, 4.69) is 15.4 Å². The SMILES string of the molecule is COC(=O)CCNC(=O)[C@@H](CC(C)C)NC(=O)c1ccc(Cl)cc1. The van der Waals surface area contributed by atoms with E-state index in [1.165, 1.54) is 7.11 Å². The minimum absolute atomic E-state index is 0.0851. The lowest BCUT2D eigenvalue weighted by Gasteiger charge is -2.20. The summed E-state index contributed by atoms with van der Waals surface area (Å²) in [6.45, 7) is 4.09. The van der Waals surface area contributed by atoms with Gasteiger partial charge in [-0.25, -0.2) is 0 Å². The van der Waals surface area contributed by atoms with Crippen molar-refractivity contribution in [1.29, 1.82) is 0 Å². The molecule has 0 spiro atoms. The molecule has 6 nitrogen and oxygen atoms in total. The van der Waals surface area contributed by atoms with E-state index in [-0.39, 0.29) is 30.7 Å². The van der Waals surface area contributed by atoms with Crippen molar-refractivity contribution in [2.24, 2.45) is 5.92 Å². The highest BCUT2D eigenvalue weighted by Gasteiger charge is 2.22. The summed E-state index contributed by atoms with van der Waals surface area (Å²) < 4.78 is 4.52. The second kappa shape index (κ2) is 9.93. The molecule has 24 heavy (non-hydrogen) atoms. The van der Waals surface area contributed by atoms with Crippen LogP contribution in [0.15, 0.2) is 24.3 Å². The molecule has 2 amide bonds. The van der Waals surface area contributed by atoms with Crippen LogP contribution in [0, 0.1) is 5.92 Å². The standard InChI is InChI=1S/C17H23ClN2O4/c1-11(2)10-14(17(23)19-9-8-15(21)24-3)20-16(22)12-4-6-13(18)7-5-12/h4-7,11,14H,8-10H2,1-3H3,(H,19,23)(H,20,22)/t14-/m1/s1. The molecule has 0 aliphatic rings. The van der Waals surface area contributed by atoms with Gasteiger partial charge in [0.05, 0.1) is 13.5 Å². The molecular weight excluding hydrogens is 332 g/mol. The van der Waals surface area contributed by atoms with Crippen molar-refractivity contribution in [2.75, 3.05) is 13.7 Å². The lowest BCUT2D eigenvalue weighted by Crippen LogP contribution is -2.47. The highest BCUT2D eigenvalue weighted by Crippen LogP contribution is 2.11. The molecule has 7 heteroatoms. The number of halogens is 1. The Bertz CT molecular complexity index is 572. The molecule has 1 rings (SSSR count). The Hall–Kier alpha value is -2.08. The second-order valence-electron chi connectivity index (χ2n) is 5.78. The number of ether oxygens (including phenoxy) is 1. The summed E-state index contributed by atoms with van der Waals surface area (Å²) in [6.07, 6.45) is 0.575. The number of nitrogens with one attached hydrogen (secondary N) is 2. The third-order valence-electron chi connectivity index (χ3n) is 3.29. The van der Waals surface area contributed by atoms with E-state index in [1.54, 1.807) is 24.3 Å². The molecule has 0 saturated heterocycles. The van der Waals surface area contributed by atoms with E-state index >= 15 is 0 Å². The van der Waals surface area contributed by atoms with Gasteiger partial charge in [0, 0.05) is 17.1 Å². The number of carbonyl (C=O) groups is 3. The van der Waals surface area contributed by atoms with Gasteiger partial charge in [-0.1, -0.05) is 25.4 Å². The van der Waals surface area contributed by atoms with Crippen LogP contribution in [-0.4, -0.2) is 37.5 Å². The lowest BCUT2D eigenvalue weighted by molar-refractivity contribution is -0.140. The number of carbonyl (C=O) groups excluding carboxylic acids is 3. The number of esters is 1. The van der Waals surface area contributed by atoms with Gasteiger partial charge in [-0.3, -0.25) is 14.4 Å². The summed E-state index contributed by atoms with van der Waals surface area (Å²) in [7, 11) is 1.29. The third-order valence-corrected chi connectivity index (χ3v) is 3.54. The smallest absolute Gasteiger partial charge is 0.307 e. The molecule has 1 atom stereocenters. The summed E-state index contributed by atoms with van der Waals surface area (Å²) in [4.78, 5) is 35.6. The maximum atomic E-state index is 12.3. The van der Waals surface area contributed by atoms with Gasteiger partial charge >= 0.3 is 5.97 Å². The van der Waals surface area contributed by atoms with Crippen molar-refractivity contribution in [2.45, 2.75) is 32.7 Å². The van der Waals surface area contributed by atoms with Crippen LogP contribution >= 0.6 is 11.6 Å². The Morgan fingerprint density at radius 2 is 1.79 bits per heavy atom. The quantitative estimate of drug-likeness (QED) is 0.701. The number of rotatable bonds is 8. The molecule has 1 aromatic rings. The van der Waals surface area contributed by atoms with Crippen molar-refractivity contribution >= 4 is 29.4 Å². The fraction of sp³-hybridized carbons (Fsp3) is 0.471. The van der Waals surface area contributed by atoms with Gasteiger partial charge in [-0.05, 0) is 36.6 Å². The van der Waals surface area contributed by atoms with Crippen LogP contribution in [-0.2, 0) is 14.3 Å². The summed E-state index contributed by atoms with van der Waals surface area (Å²) in [5, 5.41) is 5.90. The first-order valence-electron chi connectivity index (χ1n) is 7.74. The summed E-state index contributed by atoms with van der Waals surface area (Å²) in [6, 6.07) is 5.75. The minimum atomic E-state index is -0.675. The Balaban J connectivity index is 2.66. The van der Waals surface area contributed by atoms with Gasteiger partial charge in [0.15, 0.2) is 0 Å². The van der Waals surface area contributed by atoms with Crippen LogP contribution in [0.2, 0.25) is 5.02 Å². The van der Waals surface area contributed by atoms with Crippen LogP contribution in [0.3, 0.4) is 0 Å². The maximum absolute atomic E-state index is 12.3. The van der Waals surface area contributed by atoms with Crippen molar-refractivity contribution in [1.82, 2.24) is 10.6 Å². The Morgan fingerprint density at radius 1 is 1.17 bits per heavy atom. The van der Waals surface area contributed by atoms with Crippen LogP contribution in [0.5, 0.6) is 0 Å². The van der Waals surface area contributed by atoms with Gasteiger partial charge in [-0.2, -0.15) is 0 Å². The van der Waals surface area contributed by atoms with Crippen molar-refractivity contribution in [3.8, 4) is 0 Å². The number of methoxy groups -OCH3 is 1. The van der Waals surface area contributed by atoms with Gasteiger partial charge in [0.25, 0.3) is 5.91 Å². The second-order valence-corrected chi connectivity index (χ2v) is 6.22. The van der Waals surface area contributed by atoms with Gasteiger partial charge < -0.3 is 15.4 Å². The van der Waals surface area contributed by atoms with Crippen LogP contribution in [0.4, 0.5) is 0 Å². The predicted molar refractivity (Wildman–Crippen MR) is 91.8 cm³/mol. The normalized spacial score (nSPS) is 11.7. The zero-order chi connectivity index (χ0) is 18.1. The molecule has 2 N–H and O–H groups in total. The van der Waals surface area contributed by atoms with Crippen LogP contribution in [0.25, 0.3) is 0 Å². The zero-order valence-electron chi connectivity index (χ0n) is 14.1. The van der Waals surface area contributed by atoms with Gasteiger partial charge in [0.2, 0.25) is 5.91 Å². The largest absolute Gasteiger partial charge is 0.469 e. The molecule has 0 bridgehead atoms. The topological polar surface area (TPSA) is 84.5 Å². The van der Waals surface area contributed by atoms with Crippen molar-refractivity contribution in [3.63, 3.8) is 0 Å². The zero-order valence-corrected chi connectivity index (χ0v) is 14.9. The molecule has 0 aliphatic heterocycles. The Kier molecular flexibility index (Phi) is 8.26. The summed E-state index contributed by atoms with van der Waals surface area (Å²) in [5.74, 6) is -0.858. The van der Waals surface area contributed by atoms with Crippen LogP contribution in [0.1, 0.15) is 37.0 Å². The fourth-order valence-corrected chi connectivity index (χ4v) is 2.18. The van der Waals surface area contributed by atoms with E-state index in [0.717, 1.165) is 0 Å². The number of hydrogen-bond acceptors (Lipinski definition) is 4. The summed E-state index contributed by atoms with van der Waals surface area (Å²) in [5.41, 5.74) is 0.426. The third kappa shape index (κ3) is 7.00. The van der Waals surface area contributed by atoms with Crippen LogP contribution < -0.4 is 10.6 Å². The average molecular weight is 355 g/mol. The molecule has 0 aromatic heterocycles. The van der Waals surface area contributed by atoms with E-state index in [4.69, 9.17) is 11.6 Å². The van der Waals surface area contributed by atoms with Gasteiger partial charge in [-0.15, -0.1) is 0 Å². The Morgan fingerprint density at radius 3 is 2.33 bits per heavy atom. The minimum Gasteiger partial charge on any atom is -0.469 e. The molecule has 1 aromatic carbocycles. The molecule has 0 saturated carbocycles. The first kappa shape index (κ1) is 20.0.